The highest BCUT2D eigenvalue weighted by atomic mass is 79.9. The van der Waals surface area contributed by atoms with E-state index in [1.807, 2.05) is 24.3 Å². The maximum atomic E-state index is 10.6. The first-order chi connectivity index (χ1) is 7.10. The minimum Gasteiger partial charge on any atom is -0.385 e. The molecule has 0 unspecified atom stereocenters. The molecule has 1 aromatic carbocycles. The number of benzene rings is 1. The number of halogens is 1. The van der Waals surface area contributed by atoms with Crippen molar-refractivity contribution in [3.8, 4) is 0 Å². The van der Waals surface area contributed by atoms with Crippen LogP contribution < -0.4 is 0 Å². The molecule has 2 heteroatoms. The molecule has 1 aliphatic carbocycles. The first-order valence-corrected chi connectivity index (χ1v) is 6.38. The standard InChI is InChI=1S/C13H17BrO/c1-10-3-2-8-13(15,9-10)11-4-6-12(14)7-5-11/h4-7,10,15H,2-3,8-9H2,1H3/t10-,13+/m0/s1. The van der Waals surface area contributed by atoms with Gasteiger partial charge in [-0.05, 0) is 42.9 Å². The minimum absolute atomic E-state index is 0.585. The van der Waals surface area contributed by atoms with Crippen molar-refractivity contribution in [1.82, 2.24) is 0 Å². The van der Waals surface area contributed by atoms with Crippen LogP contribution in [-0.2, 0) is 5.60 Å². The molecule has 0 aliphatic heterocycles. The summed E-state index contributed by atoms with van der Waals surface area (Å²) >= 11 is 3.42. The van der Waals surface area contributed by atoms with E-state index in [2.05, 4.69) is 22.9 Å². The molecule has 1 aromatic rings. The normalized spacial score (nSPS) is 31.5. The Labute approximate surface area is 99.6 Å². The van der Waals surface area contributed by atoms with E-state index in [-0.39, 0.29) is 0 Å². The Balaban J connectivity index is 2.24. The highest BCUT2D eigenvalue weighted by Crippen LogP contribution is 2.39. The molecule has 2 atom stereocenters. The molecule has 0 bridgehead atoms. The Morgan fingerprint density at radius 3 is 2.60 bits per heavy atom. The van der Waals surface area contributed by atoms with Crippen LogP contribution in [0.25, 0.3) is 0 Å². The third-order valence-electron chi connectivity index (χ3n) is 3.35. The van der Waals surface area contributed by atoms with Gasteiger partial charge in [-0.1, -0.05) is 41.4 Å². The molecule has 0 amide bonds. The zero-order valence-electron chi connectivity index (χ0n) is 9.04. The van der Waals surface area contributed by atoms with Gasteiger partial charge in [0.05, 0.1) is 5.60 Å². The Bertz CT molecular complexity index is 333. The molecule has 1 N–H and O–H groups in total. The second-order valence-corrected chi connectivity index (χ2v) is 5.66. The lowest BCUT2D eigenvalue weighted by atomic mass is 9.75. The molecular formula is C13H17BrO. The molecule has 1 saturated carbocycles. The smallest absolute Gasteiger partial charge is 0.0899 e. The van der Waals surface area contributed by atoms with E-state index in [4.69, 9.17) is 0 Å². The van der Waals surface area contributed by atoms with E-state index in [1.54, 1.807) is 0 Å². The third-order valence-corrected chi connectivity index (χ3v) is 3.88. The molecule has 15 heavy (non-hydrogen) atoms. The van der Waals surface area contributed by atoms with Crippen LogP contribution in [0.1, 0.15) is 38.2 Å². The van der Waals surface area contributed by atoms with Gasteiger partial charge in [0.25, 0.3) is 0 Å². The Kier molecular flexibility index (Phi) is 3.17. The maximum Gasteiger partial charge on any atom is 0.0899 e. The summed E-state index contributed by atoms with van der Waals surface area (Å²) in [5, 5.41) is 10.6. The van der Waals surface area contributed by atoms with Gasteiger partial charge in [0.2, 0.25) is 0 Å². The molecule has 0 saturated heterocycles. The van der Waals surface area contributed by atoms with Crippen molar-refractivity contribution in [1.29, 1.82) is 0 Å². The van der Waals surface area contributed by atoms with Gasteiger partial charge in [0, 0.05) is 4.47 Å². The lowest BCUT2D eigenvalue weighted by molar-refractivity contribution is -0.0178. The number of hydrogen-bond acceptors (Lipinski definition) is 1. The fourth-order valence-electron chi connectivity index (χ4n) is 2.55. The summed E-state index contributed by atoms with van der Waals surface area (Å²) in [5.41, 5.74) is 0.482. The predicted molar refractivity (Wildman–Crippen MR) is 65.7 cm³/mol. The molecule has 1 aliphatic rings. The number of aliphatic hydroxyl groups is 1. The fourth-order valence-corrected chi connectivity index (χ4v) is 2.81. The first-order valence-electron chi connectivity index (χ1n) is 5.58. The Morgan fingerprint density at radius 1 is 1.33 bits per heavy atom. The van der Waals surface area contributed by atoms with Gasteiger partial charge in [-0.15, -0.1) is 0 Å². The Hall–Kier alpha value is -0.340. The summed E-state index contributed by atoms with van der Waals surface area (Å²) in [6, 6.07) is 8.07. The summed E-state index contributed by atoms with van der Waals surface area (Å²) in [4.78, 5) is 0. The monoisotopic (exact) mass is 268 g/mol. The van der Waals surface area contributed by atoms with Crippen molar-refractivity contribution >= 4 is 15.9 Å². The van der Waals surface area contributed by atoms with Crippen molar-refractivity contribution < 1.29 is 5.11 Å². The van der Waals surface area contributed by atoms with E-state index >= 15 is 0 Å². The van der Waals surface area contributed by atoms with Crippen molar-refractivity contribution in [2.75, 3.05) is 0 Å². The second-order valence-electron chi connectivity index (χ2n) is 4.74. The lowest BCUT2D eigenvalue weighted by Crippen LogP contribution is -2.31. The van der Waals surface area contributed by atoms with Crippen LogP contribution in [0.5, 0.6) is 0 Å². The van der Waals surface area contributed by atoms with Gasteiger partial charge >= 0.3 is 0 Å². The van der Waals surface area contributed by atoms with Crippen molar-refractivity contribution in [2.45, 2.75) is 38.2 Å². The minimum atomic E-state index is -0.585. The summed E-state index contributed by atoms with van der Waals surface area (Å²) in [6.45, 7) is 2.23. The van der Waals surface area contributed by atoms with Crippen LogP contribution in [0.15, 0.2) is 28.7 Å². The van der Waals surface area contributed by atoms with E-state index in [1.165, 1.54) is 6.42 Å². The van der Waals surface area contributed by atoms with Crippen molar-refractivity contribution in [3.05, 3.63) is 34.3 Å². The van der Waals surface area contributed by atoms with Gasteiger partial charge in [0.1, 0.15) is 0 Å². The third kappa shape index (κ3) is 2.43. The van der Waals surface area contributed by atoms with E-state index in [0.29, 0.717) is 5.92 Å². The predicted octanol–water partition coefficient (Wildman–Crippen LogP) is 3.85. The van der Waals surface area contributed by atoms with E-state index in [0.717, 1.165) is 29.3 Å². The quantitative estimate of drug-likeness (QED) is 0.821. The van der Waals surface area contributed by atoms with Gasteiger partial charge in [-0.2, -0.15) is 0 Å². The average Bonchev–Trinajstić information content (AvgIpc) is 2.18. The van der Waals surface area contributed by atoms with Crippen LogP contribution in [0.4, 0.5) is 0 Å². The van der Waals surface area contributed by atoms with Crippen LogP contribution in [0.3, 0.4) is 0 Å². The van der Waals surface area contributed by atoms with Crippen LogP contribution >= 0.6 is 15.9 Å². The van der Waals surface area contributed by atoms with Crippen LogP contribution in [0.2, 0.25) is 0 Å². The lowest BCUT2D eigenvalue weighted by Gasteiger charge is -2.36. The summed E-state index contributed by atoms with van der Waals surface area (Å²) in [6.07, 6.45) is 4.18. The largest absolute Gasteiger partial charge is 0.385 e. The summed E-state index contributed by atoms with van der Waals surface area (Å²) in [5.74, 6) is 0.632. The molecule has 0 heterocycles. The highest BCUT2D eigenvalue weighted by Gasteiger charge is 2.33. The van der Waals surface area contributed by atoms with Gasteiger partial charge in [-0.25, -0.2) is 0 Å². The Morgan fingerprint density at radius 2 is 2.00 bits per heavy atom. The van der Waals surface area contributed by atoms with Gasteiger partial charge in [-0.3, -0.25) is 0 Å². The number of rotatable bonds is 1. The molecule has 0 radical (unpaired) electrons. The molecule has 0 aromatic heterocycles. The van der Waals surface area contributed by atoms with E-state index in [9.17, 15) is 5.11 Å². The van der Waals surface area contributed by atoms with Crippen LogP contribution in [0, 0.1) is 5.92 Å². The van der Waals surface area contributed by atoms with Gasteiger partial charge < -0.3 is 5.11 Å². The van der Waals surface area contributed by atoms with Crippen molar-refractivity contribution in [3.63, 3.8) is 0 Å². The first kappa shape index (κ1) is 11.2. The molecule has 0 spiro atoms. The topological polar surface area (TPSA) is 20.2 Å². The molecular weight excluding hydrogens is 252 g/mol. The SMILES string of the molecule is C[C@H]1CCC[C@](O)(c2ccc(Br)cc2)C1. The summed E-state index contributed by atoms with van der Waals surface area (Å²) in [7, 11) is 0. The fraction of sp³-hybridized carbons (Fsp3) is 0.538. The van der Waals surface area contributed by atoms with Crippen molar-refractivity contribution in [2.24, 2.45) is 5.92 Å². The highest BCUT2D eigenvalue weighted by molar-refractivity contribution is 9.10. The zero-order valence-corrected chi connectivity index (χ0v) is 10.6. The van der Waals surface area contributed by atoms with Gasteiger partial charge in [0.15, 0.2) is 0 Å². The molecule has 1 fully saturated rings. The average molecular weight is 269 g/mol. The molecule has 2 rings (SSSR count). The zero-order chi connectivity index (χ0) is 10.9. The van der Waals surface area contributed by atoms with Crippen LogP contribution in [-0.4, -0.2) is 5.11 Å². The molecule has 1 nitrogen and oxygen atoms in total. The molecule has 82 valence electrons. The number of hydrogen-bond donors (Lipinski definition) is 1. The van der Waals surface area contributed by atoms with E-state index < -0.39 is 5.60 Å². The maximum absolute atomic E-state index is 10.6. The second kappa shape index (κ2) is 4.26. The summed E-state index contributed by atoms with van der Waals surface area (Å²) < 4.78 is 1.07.